The van der Waals surface area contributed by atoms with Crippen molar-refractivity contribution in [2.24, 2.45) is 5.18 Å². The second-order valence-corrected chi connectivity index (χ2v) is 3.61. The number of rotatable bonds is 6. The van der Waals surface area contributed by atoms with Crippen LogP contribution in [-0.2, 0) is 11.3 Å². The van der Waals surface area contributed by atoms with Gasteiger partial charge in [0, 0.05) is 18.8 Å². The smallest absolute Gasteiger partial charge is 0.305 e. The zero-order valence-electron chi connectivity index (χ0n) is 9.81. The molecule has 0 saturated heterocycles. The third kappa shape index (κ3) is 3.57. The number of nitrogens with one attached hydrogen (secondary N) is 2. The molecule has 0 radical (unpaired) electrons. The number of carbonyl (C=O) groups excluding carboxylic acids is 1. The van der Waals surface area contributed by atoms with Gasteiger partial charge in [0.15, 0.2) is 0 Å². The van der Waals surface area contributed by atoms with Crippen LogP contribution in [0.3, 0.4) is 0 Å². The Labute approximate surface area is 103 Å². The summed E-state index contributed by atoms with van der Waals surface area (Å²) in [7, 11) is 1.59. The molecular weight excluding hydrogens is 241 g/mol. The monoisotopic (exact) mass is 255 g/mol. The van der Waals surface area contributed by atoms with E-state index < -0.39 is 18.6 Å². The largest absolute Gasteiger partial charge is 0.394 e. The highest BCUT2D eigenvalue weighted by Gasteiger charge is 2.17. The molecule has 0 aromatic heterocycles. The number of aliphatic hydroxyl groups excluding tert-OH is 1. The van der Waals surface area contributed by atoms with Crippen LogP contribution in [-0.4, -0.2) is 30.7 Å². The van der Waals surface area contributed by atoms with Gasteiger partial charge in [-0.15, -0.1) is 4.91 Å². The van der Waals surface area contributed by atoms with Crippen LogP contribution >= 0.6 is 0 Å². The minimum absolute atomic E-state index is 0.210. The van der Waals surface area contributed by atoms with Gasteiger partial charge in [0.05, 0.1) is 12.3 Å². The number of hydrogen-bond acceptors (Lipinski definition) is 5. The highest BCUT2D eigenvalue weighted by Crippen LogP contribution is 2.15. The first-order chi connectivity index (χ1) is 8.62. The lowest BCUT2D eigenvalue weighted by atomic mass is 10.1. The second-order valence-electron chi connectivity index (χ2n) is 3.61. The zero-order valence-corrected chi connectivity index (χ0v) is 9.81. The molecule has 0 saturated carbocycles. The maximum atomic E-state index is 13.2. The summed E-state index contributed by atoms with van der Waals surface area (Å²) in [5.74, 6) is -1.35. The van der Waals surface area contributed by atoms with E-state index in [1.807, 2.05) is 0 Å². The van der Waals surface area contributed by atoms with Crippen molar-refractivity contribution < 1.29 is 14.3 Å². The Bertz CT molecular complexity index is 440. The molecule has 1 aromatic rings. The lowest BCUT2D eigenvalue weighted by Crippen LogP contribution is -2.38. The van der Waals surface area contributed by atoms with Crippen LogP contribution < -0.4 is 10.6 Å². The van der Waals surface area contributed by atoms with E-state index in [1.54, 1.807) is 13.1 Å². The maximum absolute atomic E-state index is 13.2. The number of nitroso groups, excluding NO2 is 1. The molecule has 1 aromatic carbocycles. The van der Waals surface area contributed by atoms with Gasteiger partial charge in [-0.05, 0) is 17.7 Å². The van der Waals surface area contributed by atoms with Crippen LogP contribution in [0.2, 0.25) is 0 Å². The van der Waals surface area contributed by atoms with E-state index in [2.05, 4.69) is 15.8 Å². The van der Waals surface area contributed by atoms with Crippen molar-refractivity contribution in [3.8, 4) is 0 Å². The second kappa shape index (κ2) is 6.77. The van der Waals surface area contributed by atoms with Crippen molar-refractivity contribution in [2.45, 2.75) is 12.6 Å². The number of benzene rings is 1. The first-order valence-corrected chi connectivity index (χ1v) is 5.30. The topological polar surface area (TPSA) is 90.8 Å². The maximum Gasteiger partial charge on any atom is 0.305 e. The van der Waals surface area contributed by atoms with Crippen LogP contribution in [0.25, 0.3) is 0 Å². The summed E-state index contributed by atoms with van der Waals surface area (Å²) < 4.78 is 13.2. The van der Waals surface area contributed by atoms with Crippen LogP contribution in [0.1, 0.15) is 5.56 Å². The molecule has 0 bridgehead atoms. The summed E-state index contributed by atoms with van der Waals surface area (Å²) in [5.41, 5.74) is 1.03. The summed E-state index contributed by atoms with van der Waals surface area (Å²) in [6, 6.07) is 3.35. The lowest BCUT2D eigenvalue weighted by Gasteiger charge is -2.12. The standard InChI is InChI=1S/C11H14FN3O3/c1-13-9-4-7(2-3-8(9)12)5-14-10(6-16)11(17)15-18/h2-4,10,13-14,16H,5-6H2,1H3. The normalized spacial score (nSPS) is 11.9. The van der Waals surface area contributed by atoms with Crippen LogP contribution in [0.5, 0.6) is 0 Å². The summed E-state index contributed by atoms with van der Waals surface area (Å²) in [6.07, 6.45) is 0. The van der Waals surface area contributed by atoms with Crippen molar-refractivity contribution in [1.29, 1.82) is 0 Å². The number of amides is 1. The molecule has 1 rings (SSSR count). The fraction of sp³-hybridized carbons (Fsp3) is 0.364. The van der Waals surface area contributed by atoms with Crippen LogP contribution in [0.15, 0.2) is 23.4 Å². The van der Waals surface area contributed by atoms with Gasteiger partial charge in [0.25, 0.3) is 0 Å². The Kier molecular flexibility index (Phi) is 5.34. The molecule has 0 aliphatic carbocycles. The molecular formula is C11H14FN3O3. The minimum atomic E-state index is -1.04. The van der Waals surface area contributed by atoms with Crippen molar-refractivity contribution in [2.75, 3.05) is 19.0 Å². The predicted octanol–water partition coefficient (Wildman–Crippen LogP) is 0.611. The van der Waals surface area contributed by atoms with Gasteiger partial charge in [-0.25, -0.2) is 4.39 Å². The quantitative estimate of drug-likeness (QED) is 0.648. The van der Waals surface area contributed by atoms with E-state index in [0.29, 0.717) is 11.3 Å². The van der Waals surface area contributed by atoms with Crippen molar-refractivity contribution in [3.63, 3.8) is 0 Å². The molecule has 1 amide bonds. The average Bonchev–Trinajstić information content (AvgIpc) is 2.40. The van der Waals surface area contributed by atoms with E-state index in [0.717, 1.165) is 0 Å². The molecule has 0 aliphatic rings. The number of hydrogen-bond donors (Lipinski definition) is 3. The first kappa shape index (κ1) is 14.2. The van der Waals surface area contributed by atoms with Gasteiger partial charge in [0.2, 0.25) is 0 Å². The number of halogens is 1. The van der Waals surface area contributed by atoms with E-state index in [9.17, 15) is 14.1 Å². The molecule has 3 N–H and O–H groups in total. The third-order valence-electron chi connectivity index (χ3n) is 2.42. The van der Waals surface area contributed by atoms with Crippen LogP contribution in [0.4, 0.5) is 10.1 Å². The predicted molar refractivity (Wildman–Crippen MR) is 64.5 cm³/mol. The molecule has 6 nitrogen and oxygen atoms in total. The van der Waals surface area contributed by atoms with Gasteiger partial charge in [-0.1, -0.05) is 6.07 Å². The molecule has 0 heterocycles. The SMILES string of the molecule is CNc1cc(CNC(CO)C(=O)N=O)ccc1F. The average molecular weight is 255 g/mol. The van der Waals surface area contributed by atoms with Gasteiger partial charge in [-0.2, -0.15) is 0 Å². The third-order valence-corrected chi connectivity index (χ3v) is 2.42. The summed E-state index contributed by atoms with van der Waals surface area (Å²) >= 11 is 0. The fourth-order valence-corrected chi connectivity index (χ4v) is 1.41. The zero-order chi connectivity index (χ0) is 13.5. The molecule has 98 valence electrons. The highest BCUT2D eigenvalue weighted by molar-refractivity contribution is 5.82. The fourth-order valence-electron chi connectivity index (χ4n) is 1.41. The van der Waals surface area contributed by atoms with Crippen molar-refractivity contribution in [3.05, 3.63) is 34.5 Å². The Morgan fingerprint density at radius 1 is 1.56 bits per heavy atom. The van der Waals surface area contributed by atoms with E-state index in [-0.39, 0.29) is 12.4 Å². The molecule has 18 heavy (non-hydrogen) atoms. The number of anilines is 1. The number of nitrogens with zero attached hydrogens (tertiary/aromatic N) is 1. The molecule has 0 aliphatic heterocycles. The molecule has 0 fully saturated rings. The lowest BCUT2D eigenvalue weighted by molar-refractivity contribution is -0.120. The Morgan fingerprint density at radius 3 is 2.83 bits per heavy atom. The molecule has 1 unspecified atom stereocenters. The minimum Gasteiger partial charge on any atom is -0.394 e. The first-order valence-electron chi connectivity index (χ1n) is 5.30. The van der Waals surface area contributed by atoms with E-state index >= 15 is 0 Å². The van der Waals surface area contributed by atoms with Crippen molar-refractivity contribution in [1.82, 2.24) is 5.32 Å². The molecule has 7 heteroatoms. The summed E-state index contributed by atoms with van der Waals surface area (Å²) in [6.45, 7) is -0.313. The van der Waals surface area contributed by atoms with Gasteiger partial charge in [-0.3, -0.25) is 10.1 Å². The molecule has 0 spiro atoms. The Balaban J connectivity index is 2.67. The highest BCUT2D eigenvalue weighted by atomic mass is 19.1. The van der Waals surface area contributed by atoms with Gasteiger partial charge in [0.1, 0.15) is 11.9 Å². The Morgan fingerprint density at radius 2 is 2.28 bits per heavy atom. The van der Waals surface area contributed by atoms with Gasteiger partial charge < -0.3 is 10.4 Å². The van der Waals surface area contributed by atoms with Gasteiger partial charge >= 0.3 is 5.91 Å². The van der Waals surface area contributed by atoms with E-state index in [1.165, 1.54) is 12.1 Å². The van der Waals surface area contributed by atoms with E-state index in [4.69, 9.17) is 5.11 Å². The molecule has 1 atom stereocenters. The Hall–Kier alpha value is -1.86. The number of carbonyl (C=O) groups is 1. The summed E-state index contributed by atoms with van der Waals surface area (Å²) in [4.78, 5) is 21.0. The van der Waals surface area contributed by atoms with Crippen LogP contribution in [0, 0.1) is 10.7 Å². The van der Waals surface area contributed by atoms with Crippen molar-refractivity contribution >= 4 is 11.6 Å². The summed E-state index contributed by atoms with van der Waals surface area (Å²) in [5, 5.41) is 16.5. The number of aliphatic hydroxyl groups is 1.